The van der Waals surface area contributed by atoms with Crippen LogP contribution in [-0.2, 0) is 16.2 Å². The molecule has 1 aliphatic heterocycles. The average molecular weight is 220 g/mol. The third kappa shape index (κ3) is 2.20. The molecule has 0 aliphatic carbocycles. The quantitative estimate of drug-likeness (QED) is 0.668. The molecule has 2 amide bonds. The van der Waals surface area contributed by atoms with Crippen LogP contribution < -0.4 is 10.2 Å². The molecule has 0 spiro atoms. The Morgan fingerprint density at radius 1 is 1.12 bits per heavy atom. The summed E-state index contributed by atoms with van der Waals surface area (Å²) in [6.45, 7) is 0.355. The smallest absolute Gasteiger partial charge is 0.246 e. The van der Waals surface area contributed by atoms with Crippen molar-refractivity contribution < 1.29 is 14.7 Å². The first-order valence-electron chi connectivity index (χ1n) is 4.96. The first-order valence-corrected chi connectivity index (χ1v) is 4.96. The van der Waals surface area contributed by atoms with Crippen molar-refractivity contribution in [1.29, 1.82) is 0 Å². The van der Waals surface area contributed by atoms with E-state index in [1.807, 2.05) is 0 Å². The fourth-order valence-electron chi connectivity index (χ4n) is 1.63. The third-order valence-corrected chi connectivity index (χ3v) is 2.43. The number of hydrogen-bond acceptors (Lipinski definition) is 4. The van der Waals surface area contributed by atoms with Gasteiger partial charge in [-0.05, 0) is 17.7 Å². The number of anilines is 1. The van der Waals surface area contributed by atoms with E-state index in [0.29, 0.717) is 0 Å². The van der Waals surface area contributed by atoms with Crippen LogP contribution in [0.3, 0.4) is 0 Å². The number of rotatable bonds is 2. The molecule has 5 heteroatoms. The van der Waals surface area contributed by atoms with Crippen molar-refractivity contribution in [3.05, 3.63) is 29.8 Å². The number of nitrogens with zero attached hydrogens (tertiary/aromatic N) is 1. The van der Waals surface area contributed by atoms with E-state index in [0.717, 1.165) is 11.3 Å². The molecule has 0 radical (unpaired) electrons. The van der Waals surface area contributed by atoms with E-state index >= 15 is 0 Å². The molecular formula is C11H12N2O3. The van der Waals surface area contributed by atoms with Gasteiger partial charge in [-0.15, -0.1) is 0 Å². The largest absolute Gasteiger partial charge is 0.392 e. The van der Waals surface area contributed by atoms with E-state index in [-0.39, 0.29) is 31.5 Å². The van der Waals surface area contributed by atoms with Crippen LogP contribution in [0.1, 0.15) is 5.56 Å². The molecule has 1 aromatic rings. The maximum atomic E-state index is 11.2. The van der Waals surface area contributed by atoms with Gasteiger partial charge in [0.25, 0.3) is 0 Å². The monoisotopic (exact) mass is 220 g/mol. The van der Waals surface area contributed by atoms with Crippen molar-refractivity contribution >= 4 is 17.5 Å². The Bertz CT molecular complexity index is 398. The maximum absolute atomic E-state index is 11.2. The van der Waals surface area contributed by atoms with Crippen LogP contribution in [-0.4, -0.2) is 30.0 Å². The van der Waals surface area contributed by atoms with E-state index in [9.17, 15) is 9.59 Å². The summed E-state index contributed by atoms with van der Waals surface area (Å²) in [5.41, 5.74) is 1.61. The zero-order valence-corrected chi connectivity index (χ0v) is 8.64. The summed E-state index contributed by atoms with van der Waals surface area (Å²) in [5, 5.41) is 11.1. The van der Waals surface area contributed by atoms with Gasteiger partial charge in [-0.1, -0.05) is 12.1 Å². The van der Waals surface area contributed by atoms with Gasteiger partial charge in [-0.25, -0.2) is 0 Å². The minimum absolute atomic E-state index is 0.0142. The Kier molecular flexibility index (Phi) is 2.87. The topological polar surface area (TPSA) is 69.6 Å². The molecule has 5 nitrogen and oxygen atoms in total. The van der Waals surface area contributed by atoms with Gasteiger partial charge in [-0.3, -0.25) is 14.9 Å². The number of imide groups is 1. The molecule has 84 valence electrons. The summed E-state index contributed by atoms with van der Waals surface area (Å²) < 4.78 is 0. The fraction of sp³-hybridized carbons (Fsp3) is 0.273. The summed E-state index contributed by atoms with van der Waals surface area (Å²) >= 11 is 0. The Morgan fingerprint density at radius 3 is 2.19 bits per heavy atom. The molecule has 0 atom stereocenters. The molecule has 2 N–H and O–H groups in total. The molecule has 0 unspecified atom stereocenters. The normalized spacial score (nSPS) is 16.2. The first-order chi connectivity index (χ1) is 7.69. The van der Waals surface area contributed by atoms with Crippen LogP contribution in [0.25, 0.3) is 0 Å². The lowest BCUT2D eigenvalue weighted by atomic mass is 10.2. The Labute approximate surface area is 92.7 Å². The number of nitrogens with one attached hydrogen (secondary N) is 1. The van der Waals surface area contributed by atoms with Crippen molar-refractivity contribution in [2.24, 2.45) is 0 Å². The summed E-state index contributed by atoms with van der Waals surface area (Å²) in [4.78, 5) is 24.0. The zero-order chi connectivity index (χ0) is 11.5. The first kappa shape index (κ1) is 10.6. The van der Waals surface area contributed by atoms with Gasteiger partial charge in [0.2, 0.25) is 11.8 Å². The predicted octanol–water partition coefficient (Wildman–Crippen LogP) is -0.358. The van der Waals surface area contributed by atoms with Crippen LogP contribution in [0.4, 0.5) is 5.69 Å². The molecule has 16 heavy (non-hydrogen) atoms. The number of carbonyl (C=O) groups excluding carboxylic acids is 2. The van der Waals surface area contributed by atoms with Crippen LogP contribution in [0, 0.1) is 0 Å². The lowest BCUT2D eigenvalue weighted by Gasteiger charge is -2.27. The molecule has 1 saturated heterocycles. The second-order valence-electron chi connectivity index (χ2n) is 3.65. The van der Waals surface area contributed by atoms with Gasteiger partial charge in [0.1, 0.15) is 0 Å². The van der Waals surface area contributed by atoms with Gasteiger partial charge in [-0.2, -0.15) is 0 Å². The fourth-order valence-corrected chi connectivity index (χ4v) is 1.63. The van der Waals surface area contributed by atoms with Crippen molar-refractivity contribution in [3.63, 3.8) is 0 Å². The molecule has 1 heterocycles. The minimum Gasteiger partial charge on any atom is -0.392 e. The van der Waals surface area contributed by atoms with Crippen LogP contribution in [0.5, 0.6) is 0 Å². The zero-order valence-electron chi connectivity index (χ0n) is 8.64. The van der Waals surface area contributed by atoms with E-state index in [2.05, 4.69) is 5.32 Å². The highest BCUT2D eigenvalue weighted by Crippen LogP contribution is 2.16. The molecule has 0 bridgehead atoms. The summed E-state index contributed by atoms with van der Waals surface area (Å²) in [5.74, 6) is -0.579. The molecule has 2 rings (SSSR count). The maximum Gasteiger partial charge on any atom is 0.246 e. The minimum atomic E-state index is -0.289. The van der Waals surface area contributed by atoms with E-state index in [4.69, 9.17) is 5.11 Å². The number of piperazine rings is 1. The van der Waals surface area contributed by atoms with E-state index < -0.39 is 0 Å². The third-order valence-electron chi connectivity index (χ3n) is 2.43. The molecule has 1 fully saturated rings. The van der Waals surface area contributed by atoms with E-state index in [1.54, 1.807) is 29.2 Å². The highest BCUT2D eigenvalue weighted by molar-refractivity contribution is 6.02. The van der Waals surface area contributed by atoms with Crippen molar-refractivity contribution in [1.82, 2.24) is 5.32 Å². The number of aliphatic hydroxyl groups excluding tert-OH is 1. The average Bonchev–Trinajstić information content (AvgIpc) is 2.28. The van der Waals surface area contributed by atoms with E-state index in [1.165, 1.54) is 0 Å². The molecule has 1 aromatic carbocycles. The summed E-state index contributed by atoms with van der Waals surface area (Å²) in [6.07, 6.45) is 0. The highest BCUT2D eigenvalue weighted by Gasteiger charge is 2.22. The number of benzene rings is 1. The second-order valence-corrected chi connectivity index (χ2v) is 3.65. The second kappa shape index (κ2) is 4.32. The number of carbonyl (C=O) groups is 2. The standard InChI is InChI=1S/C11H12N2O3/c14-7-8-1-3-9(4-2-8)13-5-10(15)12-11(16)6-13/h1-4,14H,5-7H2,(H,12,15,16). The molecule has 0 aromatic heterocycles. The Balaban J connectivity index is 2.16. The molecular weight excluding hydrogens is 208 g/mol. The van der Waals surface area contributed by atoms with Gasteiger partial charge >= 0.3 is 0 Å². The Hall–Kier alpha value is -1.88. The number of amides is 2. The number of aliphatic hydroxyl groups is 1. The molecule has 0 saturated carbocycles. The van der Waals surface area contributed by atoms with Crippen molar-refractivity contribution in [3.8, 4) is 0 Å². The van der Waals surface area contributed by atoms with Crippen LogP contribution >= 0.6 is 0 Å². The summed E-state index contributed by atoms with van der Waals surface area (Å²) in [7, 11) is 0. The van der Waals surface area contributed by atoms with Gasteiger partial charge in [0.05, 0.1) is 19.7 Å². The molecule has 1 aliphatic rings. The van der Waals surface area contributed by atoms with Gasteiger partial charge < -0.3 is 10.0 Å². The van der Waals surface area contributed by atoms with Crippen LogP contribution in [0.15, 0.2) is 24.3 Å². The van der Waals surface area contributed by atoms with Crippen molar-refractivity contribution in [2.75, 3.05) is 18.0 Å². The SMILES string of the molecule is O=C1CN(c2ccc(CO)cc2)CC(=O)N1. The van der Waals surface area contributed by atoms with Gasteiger partial charge in [0, 0.05) is 5.69 Å². The lowest BCUT2D eigenvalue weighted by molar-refractivity contribution is -0.130. The Morgan fingerprint density at radius 2 is 1.69 bits per heavy atom. The van der Waals surface area contributed by atoms with Crippen LogP contribution in [0.2, 0.25) is 0 Å². The van der Waals surface area contributed by atoms with Gasteiger partial charge in [0.15, 0.2) is 0 Å². The number of hydrogen-bond donors (Lipinski definition) is 2. The van der Waals surface area contributed by atoms with Crippen molar-refractivity contribution in [2.45, 2.75) is 6.61 Å². The predicted molar refractivity (Wildman–Crippen MR) is 57.7 cm³/mol. The highest BCUT2D eigenvalue weighted by atomic mass is 16.3. The lowest BCUT2D eigenvalue weighted by Crippen LogP contribution is -2.51. The summed E-state index contributed by atoms with van der Waals surface area (Å²) in [6, 6.07) is 7.12.